The summed E-state index contributed by atoms with van der Waals surface area (Å²) >= 11 is 4.59. The number of aromatic nitrogens is 2. The number of benzene rings is 2. The van der Waals surface area contributed by atoms with Gasteiger partial charge >= 0.3 is 0 Å². The van der Waals surface area contributed by atoms with Crippen LogP contribution < -0.4 is 19.8 Å². The monoisotopic (exact) mass is 525 g/mol. The highest BCUT2D eigenvalue weighted by Crippen LogP contribution is 2.43. The molecule has 5 rings (SSSR count). The lowest BCUT2D eigenvalue weighted by atomic mass is 9.98. The summed E-state index contributed by atoms with van der Waals surface area (Å²) in [5, 5.41) is 8.67. The molecule has 0 saturated carbocycles. The Morgan fingerprint density at radius 3 is 2.82 bits per heavy atom. The number of ether oxygens (including phenoxy) is 2. The molecule has 4 aromatic rings. The average molecular weight is 526 g/mol. The average Bonchev–Trinajstić information content (AvgIpc) is 3.45. The minimum atomic E-state index is -0.776. The first-order valence-corrected chi connectivity index (χ1v) is 11.5. The van der Waals surface area contributed by atoms with Crippen molar-refractivity contribution in [2.75, 3.05) is 18.6 Å². The van der Waals surface area contributed by atoms with Crippen LogP contribution in [0.4, 0.5) is 5.13 Å². The molecule has 8 nitrogen and oxygen atoms in total. The largest absolute Gasteiger partial charge is 0.493 e. The maximum Gasteiger partial charge on any atom is 0.297 e. The minimum absolute atomic E-state index is 0.0130. The van der Waals surface area contributed by atoms with Crippen LogP contribution in [0.3, 0.4) is 0 Å². The minimum Gasteiger partial charge on any atom is -0.493 e. The van der Waals surface area contributed by atoms with Crippen LogP contribution in [0.25, 0.3) is 11.0 Å². The molecule has 10 heteroatoms. The lowest BCUT2D eigenvalue weighted by molar-refractivity contribution is 0.0970. The first-order valence-electron chi connectivity index (χ1n) is 9.81. The van der Waals surface area contributed by atoms with Crippen LogP contribution in [-0.4, -0.2) is 29.8 Å². The molecule has 0 bridgehead atoms. The molecule has 0 saturated heterocycles. The van der Waals surface area contributed by atoms with Crippen LogP contribution in [0.5, 0.6) is 11.5 Å². The zero-order valence-electron chi connectivity index (χ0n) is 17.3. The van der Waals surface area contributed by atoms with Crippen molar-refractivity contribution in [3.05, 3.63) is 86.1 Å². The van der Waals surface area contributed by atoms with E-state index in [2.05, 4.69) is 32.7 Å². The van der Waals surface area contributed by atoms with Crippen LogP contribution in [0.2, 0.25) is 0 Å². The number of fused-ring (bicyclic) bond motifs is 2. The molecule has 2 aromatic carbocycles. The Labute approximate surface area is 200 Å². The van der Waals surface area contributed by atoms with Gasteiger partial charge in [-0.15, -0.1) is 10.2 Å². The van der Waals surface area contributed by atoms with Gasteiger partial charge in [0.25, 0.3) is 5.91 Å². The van der Waals surface area contributed by atoms with E-state index in [0.29, 0.717) is 39.8 Å². The van der Waals surface area contributed by atoms with Crippen LogP contribution in [0.1, 0.15) is 27.7 Å². The topological polar surface area (TPSA) is 94.8 Å². The van der Waals surface area contributed by atoms with Crippen molar-refractivity contribution in [1.29, 1.82) is 0 Å². The van der Waals surface area contributed by atoms with Crippen LogP contribution in [0, 0.1) is 0 Å². The maximum atomic E-state index is 13.6. The lowest BCUT2D eigenvalue weighted by Crippen LogP contribution is -2.29. The van der Waals surface area contributed by atoms with Gasteiger partial charge in [0.2, 0.25) is 10.9 Å². The van der Waals surface area contributed by atoms with Crippen LogP contribution >= 0.6 is 27.3 Å². The summed E-state index contributed by atoms with van der Waals surface area (Å²) in [4.78, 5) is 28.5. The Kier molecular flexibility index (Phi) is 5.47. The molecule has 1 unspecified atom stereocenters. The van der Waals surface area contributed by atoms with Crippen molar-refractivity contribution in [3.8, 4) is 11.5 Å². The molecule has 3 heterocycles. The van der Waals surface area contributed by atoms with Crippen molar-refractivity contribution >= 4 is 49.3 Å². The first-order chi connectivity index (χ1) is 16.0. The van der Waals surface area contributed by atoms with E-state index >= 15 is 0 Å². The van der Waals surface area contributed by atoms with Gasteiger partial charge in [0.15, 0.2) is 16.9 Å². The number of hydrogen-bond acceptors (Lipinski definition) is 8. The van der Waals surface area contributed by atoms with E-state index in [9.17, 15) is 9.59 Å². The molecule has 33 heavy (non-hydrogen) atoms. The van der Waals surface area contributed by atoms with Crippen molar-refractivity contribution in [1.82, 2.24) is 10.2 Å². The van der Waals surface area contributed by atoms with Crippen LogP contribution in [-0.2, 0) is 0 Å². The molecule has 1 aliphatic heterocycles. The summed E-state index contributed by atoms with van der Waals surface area (Å²) in [6, 6.07) is 9.58. The number of halogens is 1. The second kappa shape index (κ2) is 8.45. The summed E-state index contributed by atoms with van der Waals surface area (Å²) < 4.78 is 17.8. The van der Waals surface area contributed by atoms with E-state index in [1.807, 2.05) is 0 Å². The second-order valence-electron chi connectivity index (χ2n) is 7.12. The number of carbonyl (C=O) groups excluding carboxylic acids is 1. The van der Waals surface area contributed by atoms with E-state index in [0.717, 1.165) is 4.47 Å². The van der Waals surface area contributed by atoms with Gasteiger partial charge in [-0.1, -0.05) is 46.0 Å². The fraction of sp³-hybridized carbons (Fsp3) is 0.130. The summed E-state index contributed by atoms with van der Waals surface area (Å²) in [5.41, 5.74) is 2.45. The fourth-order valence-electron chi connectivity index (χ4n) is 3.85. The Balaban J connectivity index is 1.75. The van der Waals surface area contributed by atoms with Crippen molar-refractivity contribution < 1.29 is 18.7 Å². The normalized spacial score (nSPS) is 15.0. The number of carbonyl (C=O) groups is 1. The van der Waals surface area contributed by atoms with Gasteiger partial charge in [0.05, 0.1) is 24.1 Å². The van der Waals surface area contributed by atoms with E-state index < -0.39 is 11.9 Å². The highest BCUT2D eigenvalue weighted by molar-refractivity contribution is 9.10. The summed E-state index contributed by atoms with van der Waals surface area (Å²) in [7, 11) is 1.52. The van der Waals surface area contributed by atoms with Gasteiger partial charge < -0.3 is 13.9 Å². The molecule has 166 valence electrons. The number of amides is 1. The highest BCUT2D eigenvalue weighted by atomic mass is 79.9. The molecular formula is C23H16BrN3O5S. The molecule has 0 radical (unpaired) electrons. The predicted octanol–water partition coefficient (Wildman–Crippen LogP) is 4.73. The summed E-state index contributed by atoms with van der Waals surface area (Å²) in [6.07, 6.45) is 1.63. The fourth-order valence-corrected chi connectivity index (χ4v) is 4.80. The molecule has 0 spiro atoms. The molecule has 0 N–H and O–H groups in total. The van der Waals surface area contributed by atoms with E-state index in [1.165, 1.54) is 28.9 Å². The molecule has 1 atom stereocenters. The quantitative estimate of drug-likeness (QED) is 0.336. The third-order valence-electron chi connectivity index (χ3n) is 5.25. The van der Waals surface area contributed by atoms with Gasteiger partial charge in [0, 0.05) is 4.47 Å². The summed E-state index contributed by atoms with van der Waals surface area (Å²) in [6.45, 7) is 3.96. The van der Waals surface area contributed by atoms with Crippen molar-refractivity contribution in [3.63, 3.8) is 0 Å². The SMILES string of the molecule is C=CCOc1ccc(C2c3c(oc4ccc(Br)cc4c3=O)C(=O)N2c2nncs2)cc1OC. The molecule has 0 aliphatic carbocycles. The molecule has 2 aromatic heterocycles. The predicted molar refractivity (Wildman–Crippen MR) is 127 cm³/mol. The zero-order valence-corrected chi connectivity index (χ0v) is 19.7. The van der Waals surface area contributed by atoms with Gasteiger partial charge in [-0.05, 0) is 35.9 Å². The standard InChI is InChI=1S/C23H16BrN3O5S/c1-3-8-31-16-6-4-12(9-17(16)30-2)19-18-20(28)14-10-13(24)5-7-15(14)32-21(18)22(29)27(19)23-26-25-11-33-23/h3-7,9-11,19H,1,8H2,2H3. The Bertz CT molecular complexity index is 1450. The number of nitrogens with zero attached hydrogens (tertiary/aromatic N) is 3. The first kappa shape index (κ1) is 21.4. The van der Waals surface area contributed by atoms with E-state index in [4.69, 9.17) is 13.9 Å². The molecule has 1 amide bonds. The Morgan fingerprint density at radius 2 is 2.09 bits per heavy atom. The van der Waals surface area contributed by atoms with Gasteiger partial charge in [0.1, 0.15) is 17.7 Å². The van der Waals surface area contributed by atoms with E-state index in [1.54, 1.807) is 42.5 Å². The van der Waals surface area contributed by atoms with Crippen LogP contribution in [0.15, 0.2) is 68.2 Å². The van der Waals surface area contributed by atoms with E-state index in [-0.39, 0.29) is 16.8 Å². The Hall–Kier alpha value is -3.50. The Morgan fingerprint density at radius 1 is 1.24 bits per heavy atom. The third kappa shape index (κ3) is 3.51. The third-order valence-corrected chi connectivity index (χ3v) is 6.43. The van der Waals surface area contributed by atoms with Crippen molar-refractivity contribution in [2.24, 2.45) is 0 Å². The lowest BCUT2D eigenvalue weighted by Gasteiger charge is -2.23. The molecule has 1 aliphatic rings. The number of rotatable bonds is 6. The van der Waals surface area contributed by atoms with Gasteiger partial charge in [-0.3, -0.25) is 14.5 Å². The number of hydrogen-bond donors (Lipinski definition) is 0. The summed E-state index contributed by atoms with van der Waals surface area (Å²) in [5.74, 6) is 0.503. The number of methoxy groups -OCH3 is 1. The molecule has 0 fully saturated rings. The smallest absolute Gasteiger partial charge is 0.297 e. The van der Waals surface area contributed by atoms with Crippen molar-refractivity contribution in [2.45, 2.75) is 6.04 Å². The van der Waals surface area contributed by atoms with Gasteiger partial charge in [-0.2, -0.15) is 0 Å². The number of anilines is 1. The highest BCUT2D eigenvalue weighted by Gasteiger charge is 2.45. The maximum absolute atomic E-state index is 13.6. The van der Waals surface area contributed by atoms with Gasteiger partial charge in [-0.25, -0.2) is 0 Å². The zero-order chi connectivity index (χ0) is 23.1. The second-order valence-corrected chi connectivity index (χ2v) is 8.85. The molecular weight excluding hydrogens is 510 g/mol.